The standard InChI is InChI=1S/C15H17ClFNO2/c1-15(2,3)10-7-11(16)9(6-12(10)17)8-4-5-13(19)18-14(8)20/h6-8H,4-5H2,1-3H3,(H,18,19,20). The monoisotopic (exact) mass is 297 g/mol. The topological polar surface area (TPSA) is 46.2 Å². The number of nitrogens with one attached hydrogen (secondary N) is 1. The summed E-state index contributed by atoms with van der Waals surface area (Å²) in [5.74, 6) is -1.65. The molecule has 0 saturated carbocycles. The van der Waals surface area contributed by atoms with Gasteiger partial charge in [-0.2, -0.15) is 0 Å². The first-order valence-corrected chi connectivity index (χ1v) is 6.91. The minimum absolute atomic E-state index is 0.245. The molecule has 1 unspecified atom stereocenters. The molecule has 1 aromatic rings. The predicted octanol–water partition coefficient (Wildman–Crippen LogP) is 3.30. The fourth-order valence-electron chi connectivity index (χ4n) is 2.39. The highest BCUT2D eigenvalue weighted by atomic mass is 35.5. The molecule has 2 rings (SSSR count). The maximum atomic E-state index is 14.2. The number of hydrogen-bond donors (Lipinski definition) is 1. The lowest BCUT2D eigenvalue weighted by Crippen LogP contribution is -2.39. The summed E-state index contributed by atoms with van der Waals surface area (Å²) in [6.45, 7) is 5.69. The van der Waals surface area contributed by atoms with Crippen LogP contribution < -0.4 is 5.32 Å². The Morgan fingerprint density at radius 1 is 1.30 bits per heavy atom. The normalized spacial score (nSPS) is 19.9. The van der Waals surface area contributed by atoms with Crippen LogP contribution in [0.1, 0.15) is 50.7 Å². The number of piperidine rings is 1. The molecule has 1 saturated heterocycles. The molecule has 1 N–H and O–H groups in total. The SMILES string of the molecule is CC(C)(C)c1cc(Cl)c(C2CCC(=O)NC2=O)cc1F. The summed E-state index contributed by atoms with van der Waals surface area (Å²) in [6.07, 6.45) is 0.605. The van der Waals surface area contributed by atoms with Crippen LogP contribution in [-0.2, 0) is 15.0 Å². The quantitative estimate of drug-likeness (QED) is 0.809. The molecule has 0 bridgehead atoms. The van der Waals surface area contributed by atoms with Crippen molar-refractivity contribution in [3.8, 4) is 0 Å². The number of amides is 2. The molecule has 0 spiro atoms. The third kappa shape index (κ3) is 2.85. The number of imide groups is 1. The molecular formula is C15H17ClFNO2. The van der Waals surface area contributed by atoms with E-state index in [1.807, 2.05) is 20.8 Å². The molecule has 1 aliphatic heterocycles. The summed E-state index contributed by atoms with van der Waals surface area (Å²) in [5.41, 5.74) is 0.595. The molecule has 0 aliphatic carbocycles. The minimum Gasteiger partial charge on any atom is -0.296 e. The van der Waals surface area contributed by atoms with E-state index in [1.54, 1.807) is 6.07 Å². The van der Waals surface area contributed by atoms with Crippen LogP contribution in [0.5, 0.6) is 0 Å². The van der Waals surface area contributed by atoms with Gasteiger partial charge < -0.3 is 0 Å². The molecule has 5 heteroatoms. The maximum Gasteiger partial charge on any atom is 0.234 e. The van der Waals surface area contributed by atoms with Gasteiger partial charge in [0.15, 0.2) is 0 Å². The lowest BCUT2D eigenvalue weighted by atomic mass is 9.83. The van der Waals surface area contributed by atoms with E-state index < -0.39 is 11.8 Å². The fourth-order valence-corrected chi connectivity index (χ4v) is 2.69. The second-order valence-electron chi connectivity index (χ2n) is 6.11. The zero-order valence-electron chi connectivity index (χ0n) is 11.7. The van der Waals surface area contributed by atoms with E-state index in [9.17, 15) is 14.0 Å². The van der Waals surface area contributed by atoms with Gasteiger partial charge in [0.2, 0.25) is 11.8 Å². The Morgan fingerprint density at radius 2 is 1.95 bits per heavy atom. The third-order valence-electron chi connectivity index (χ3n) is 3.51. The van der Waals surface area contributed by atoms with Crippen molar-refractivity contribution in [1.29, 1.82) is 0 Å². The molecule has 1 fully saturated rings. The van der Waals surface area contributed by atoms with Crippen LogP contribution in [0.15, 0.2) is 12.1 Å². The van der Waals surface area contributed by atoms with Crippen LogP contribution in [0.25, 0.3) is 0 Å². The Hall–Kier alpha value is -1.42. The highest BCUT2D eigenvalue weighted by Gasteiger charge is 2.31. The van der Waals surface area contributed by atoms with E-state index in [4.69, 9.17) is 11.6 Å². The van der Waals surface area contributed by atoms with Crippen molar-refractivity contribution >= 4 is 23.4 Å². The Kier molecular flexibility index (Phi) is 3.87. The molecule has 1 atom stereocenters. The zero-order valence-corrected chi connectivity index (χ0v) is 12.5. The second kappa shape index (κ2) is 5.17. The predicted molar refractivity (Wildman–Crippen MR) is 75.2 cm³/mol. The van der Waals surface area contributed by atoms with Crippen molar-refractivity contribution in [3.63, 3.8) is 0 Å². The third-order valence-corrected chi connectivity index (χ3v) is 3.84. The second-order valence-corrected chi connectivity index (χ2v) is 6.51. The first-order chi connectivity index (χ1) is 9.20. The van der Waals surface area contributed by atoms with E-state index >= 15 is 0 Å². The van der Waals surface area contributed by atoms with Crippen molar-refractivity contribution in [1.82, 2.24) is 5.32 Å². The van der Waals surface area contributed by atoms with Gasteiger partial charge in [-0.15, -0.1) is 0 Å². The van der Waals surface area contributed by atoms with Gasteiger partial charge in [0.1, 0.15) is 5.82 Å². The van der Waals surface area contributed by atoms with Gasteiger partial charge in [-0.1, -0.05) is 32.4 Å². The van der Waals surface area contributed by atoms with Crippen molar-refractivity contribution in [2.75, 3.05) is 0 Å². The minimum atomic E-state index is -0.566. The average molecular weight is 298 g/mol. The van der Waals surface area contributed by atoms with Gasteiger partial charge in [0.05, 0.1) is 5.92 Å². The molecule has 1 aliphatic rings. The van der Waals surface area contributed by atoms with Gasteiger partial charge in [0.25, 0.3) is 0 Å². The van der Waals surface area contributed by atoms with Crippen LogP contribution in [0.2, 0.25) is 5.02 Å². The number of carbonyl (C=O) groups excluding carboxylic acids is 2. The van der Waals surface area contributed by atoms with Crippen LogP contribution in [0, 0.1) is 5.82 Å². The van der Waals surface area contributed by atoms with Crippen LogP contribution in [-0.4, -0.2) is 11.8 Å². The number of halogens is 2. The number of benzene rings is 1. The smallest absolute Gasteiger partial charge is 0.234 e. The summed E-state index contributed by atoms with van der Waals surface area (Å²) in [6, 6.07) is 2.90. The highest BCUT2D eigenvalue weighted by Crippen LogP contribution is 2.35. The van der Waals surface area contributed by atoms with Gasteiger partial charge in [-0.05, 0) is 35.1 Å². The first-order valence-electron chi connectivity index (χ1n) is 6.53. The van der Waals surface area contributed by atoms with E-state index in [2.05, 4.69) is 5.32 Å². The Bertz CT molecular complexity index is 578. The summed E-state index contributed by atoms with van der Waals surface area (Å²) in [5, 5.41) is 2.63. The molecule has 0 aromatic heterocycles. The van der Waals surface area contributed by atoms with E-state index in [0.29, 0.717) is 22.6 Å². The lowest BCUT2D eigenvalue weighted by Gasteiger charge is -2.25. The maximum absolute atomic E-state index is 14.2. The summed E-state index contributed by atoms with van der Waals surface area (Å²) < 4.78 is 14.2. The highest BCUT2D eigenvalue weighted by molar-refractivity contribution is 6.31. The van der Waals surface area contributed by atoms with E-state index in [0.717, 1.165) is 0 Å². The van der Waals surface area contributed by atoms with Crippen molar-refractivity contribution in [2.45, 2.75) is 44.9 Å². The Labute approximate surface area is 122 Å². The number of carbonyl (C=O) groups is 2. The van der Waals surface area contributed by atoms with Crippen molar-refractivity contribution in [2.24, 2.45) is 0 Å². The molecule has 1 aromatic carbocycles. The van der Waals surface area contributed by atoms with Crippen LogP contribution in [0.4, 0.5) is 4.39 Å². The Balaban J connectivity index is 2.42. The largest absolute Gasteiger partial charge is 0.296 e. The van der Waals surface area contributed by atoms with Gasteiger partial charge in [-0.3, -0.25) is 14.9 Å². The average Bonchev–Trinajstić information content (AvgIpc) is 2.31. The lowest BCUT2D eigenvalue weighted by molar-refractivity contribution is -0.134. The first kappa shape index (κ1) is 15.0. The molecule has 3 nitrogen and oxygen atoms in total. The fraction of sp³-hybridized carbons (Fsp3) is 0.467. The number of rotatable bonds is 1. The van der Waals surface area contributed by atoms with E-state index in [-0.39, 0.29) is 23.6 Å². The molecule has 0 radical (unpaired) electrons. The summed E-state index contributed by atoms with van der Waals surface area (Å²) in [7, 11) is 0. The summed E-state index contributed by atoms with van der Waals surface area (Å²) in [4.78, 5) is 23.0. The van der Waals surface area contributed by atoms with Crippen molar-refractivity contribution in [3.05, 3.63) is 34.1 Å². The Morgan fingerprint density at radius 3 is 2.50 bits per heavy atom. The van der Waals surface area contributed by atoms with Crippen LogP contribution >= 0.6 is 11.6 Å². The molecule has 20 heavy (non-hydrogen) atoms. The molecule has 108 valence electrons. The zero-order chi connectivity index (χ0) is 15.1. The van der Waals surface area contributed by atoms with Crippen molar-refractivity contribution < 1.29 is 14.0 Å². The van der Waals surface area contributed by atoms with Crippen LogP contribution in [0.3, 0.4) is 0 Å². The van der Waals surface area contributed by atoms with Gasteiger partial charge in [-0.25, -0.2) is 4.39 Å². The molecule has 2 amide bonds. The molecular weight excluding hydrogens is 281 g/mol. The van der Waals surface area contributed by atoms with E-state index in [1.165, 1.54) is 6.07 Å². The summed E-state index contributed by atoms with van der Waals surface area (Å²) >= 11 is 6.21. The van der Waals surface area contributed by atoms with Gasteiger partial charge >= 0.3 is 0 Å². The van der Waals surface area contributed by atoms with Gasteiger partial charge in [0, 0.05) is 11.4 Å². The number of hydrogen-bond acceptors (Lipinski definition) is 2. The molecule has 1 heterocycles.